The van der Waals surface area contributed by atoms with Crippen LogP contribution in [0.3, 0.4) is 0 Å². The van der Waals surface area contributed by atoms with E-state index in [0.717, 1.165) is 0 Å². The van der Waals surface area contributed by atoms with E-state index in [-0.39, 0.29) is 32.1 Å². The van der Waals surface area contributed by atoms with Crippen molar-refractivity contribution in [2.24, 2.45) is 11.8 Å². The Labute approximate surface area is 337 Å². The third-order valence-electron chi connectivity index (χ3n) is 10.9. The fourth-order valence-corrected chi connectivity index (χ4v) is 7.82. The molecule has 0 aromatic rings. The smallest absolute Gasteiger partial charge is 0.309 e. The van der Waals surface area contributed by atoms with Gasteiger partial charge in [0.1, 0.15) is 42.4 Å². The van der Waals surface area contributed by atoms with Gasteiger partial charge in [-0.1, -0.05) is 45.1 Å². The highest BCUT2D eigenvalue weighted by molar-refractivity contribution is 5.72. The quantitative estimate of drug-likeness (QED) is 0.147. The number of carbonyl (C=O) groups excluding carboxylic acids is 4. The number of carbonyl (C=O) groups is 4. The monoisotopic (exact) mass is 813 g/mol. The van der Waals surface area contributed by atoms with Crippen molar-refractivity contribution in [3.8, 4) is 0 Å². The molecule has 16 nitrogen and oxygen atoms in total. The van der Waals surface area contributed by atoms with Gasteiger partial charge in [-0.05, 0) is 60.0 Å². The largest absolute Gasteiger partial charge is 0.462 e. The van der Waals surface area contributed by atoms with E-state index in [9.17, 15) is 34.5 Å². The van der Waals surface area contributed by atoms with Gasteiger partial charge in [0.25, 0.3) is 0 Å². The van der Waals surface area contributed by atoms with Gasteiger partial charge in [0.2, 0.25) is 0 Å². The maximum atomic E-state index is 13.3. The van der Waals surface area contributed by atoms with Crippen molar-refractivity contribution in [2.75, 3.05) is 21.2 Å². The van der Waals surface area contributed by atoms with Crippen molar-refractivity contribution in [1.29, 1.82) is 0 Å². The van der Waals surface area contributed by atoms with Crippen LogP contribution in [0, 0.1) is 11.8 Å². The average Bonchev–Trinajstić information content (AvgIpc) is 3.13. The summed E-state index contributed by atoms with van der Waals surface area (Å²) in [5.74, 6) is -2.82. The van der Waals surface area contributed by atoms with Crippen molar-refractivity contribution in [2.45, 2.75) is 179 Å². The van der Waals surface area contributed by atoms with Crippen molar-refractivity contribution in [1.82, 2.24) is 4.90 Å². The van der Waals surface area contributed by atoms with Crippen LogP contribution in [0.5, 0.6) is 0 Å². The van der Waals surface area contributed by atoms with E-state index < -0.39 is 121 Å². The predicted octanol–water partition coefficient (Wildman–Crippen LogP) is 2.77. The summed E-state index contributed by atoms with van der Waals surface area (Å²) < 4.78 is 48.5. The highest BCUT2D eigenvalue weighted by atomic mass is 16.7. The lowest BCUT2D eigenvalue weighted by molar-refractivity contribution is -0.344. The van der Waals surface area contributed by atoms with Crippen molar-refractivity contribution in [3.05, 3.63) is 24.3 Å². The summed E-state index contributed by atoms with van der Waals surface area (Å²) >= 11 is 0. The lowest BCUT2D eigenvalue weighted by atomic mass is 9.82. The summed E-state index contributed by atoms with van der Waals surface area (Å²) in [4.78, 5) is 52.3. The van der Waals surface area contributed by atoms with Gasteiger partial charge in [0.05, 0.1) is 36.9 Å². The zero-order chi connectivity index (χ0) is 42.6. The number of ether oxygens (including phenoxy) is 8. The number of nitrogens with zero attached hydrogens (tertiary/aromatic N) is 1. The number of hydrogen-bond acceptors (Lipinski definition) is 16. The van der Waals surface area contributed by atoms with Crippen LogP contribution in [0.15, 0.2) is 24.3 Å². The topological polar surface area (TPSA) is 206 Å². The molecular formula is C41H67NO15. The fourth-order valence-electron chi connectivity index (χ4n) is 7.82. The molecule has 3 rings (SSSR count). The molecule has 2 fully saturated rings. The highest BCUT2D eigenvalue weighted by Crippen LogP contribution is 2.37. The van der Waals surface area contributed by atoms with Gasteiger partial charge in [-0.25, -0.2) is 0 Å². The first-order valence-corrected chi connectivity index (χ1v) is 20.1. The normalized spacial score (nSPS) is 41.1. The Balaban J connectivity index is 2.01. The lowest BCUT2D eigenvalue weighted by Crippen LogP contribution is -2.66. The van der Waals surface area contributed by atoms with Crippen LogP contribution in [-0.2, 0) is 57.1 Å². The summed E-state index contributed by atoms with van der Waals surface area (Å²) in [5.41, 5.74) is -1.49. The number of allylic oxidation sites excluding steroid dienone is 2. The van der Waals surface area contributed by atoms with Crippen LogP contribution in [-0.4, -0.2) is 151 Å². The van der Waals surface area contributed by atoms with Crippen molar-refractivity contribution >= 4 is 24.2 Å². The van der Waals surface area contributed by atoms with E-state index in [1.54, 1.807) is 78.8 Å². The zero-order valence-corrected chi connectivity index (χ0v) is 35.2. The Morgan fingerprint density at radius 1 is 0.965 bits per heavy atom. The average molecular weight is 814 g/mol. The van der Waals surface area contributed by atoms with Crippen LogP contribution >= 0.6 is 0 Å². The third kappa shape index (κ3) is 13.6. The molecule has 0 bridgehead atoms. The molecule has 0 aromatic carbocycles. The molecule has 0 unspecified atom stereocenters. The minimum Gasteiger partial charge on any atom is -0.462 e. The molecule has 16 heteroatoms. The second kappa shape index (κ2) is 22.5. The molecule has 0 aromatic heterocycles. The molecule has 3 aliphatic rings. The van der Waals surface area contributed by atoms with E-state index in [1.165, 1.54) is 7.11 Å². The minimum atomic E-state index is -1.49. The van der Waals surface area contributed by atoms with Gasteiger partial charge in [-0.2, -0.15) is 0 Å². The summed E-state index contributed by atoms with van der Waals surface area (Å²) in [6, 6.07) is -0.779. The van der Waals surface area contributed by atoms with Crippen molar-refractivity contribution in [3.63, 3.8) is 0 Å². The molecule has 57 heavy (non-hydrogen) atoms. The SMILES string of the molecule is CCC(=O)O[C@@H]1[C@@H](C)O[C@@H](O[C@H]2[C@H](N(C)C)[C@@H](O)[C@H](O[C@@H]3[C@@H](CC=O)C[C@@H](C)[C@@H](O)/C=C\C=C\C[C@@H](C)OC(=O)C[C@@H](OC(=O)CC)[C@H]3OC)O[C@@H]2C)C[C@@]1(C)O. The van der Waals surface area contributed by atoms with Crippen LogP contribution < -0.4 is 0 Å². The number of esters is 3. The molecule has 0 amide bonds. The van der Waals surface area contributed by atoms with Crippen LogP contribution in [0.4, 0.5) is 0 Å². The van der Waals surface area contributed by atoms with Gasteiger partial charge in [0, 0.05) is 39.2 Å². The van der Waals surface area contributed by atoms with E-state index in [1.807, 2.05) is 13.0 Å². The van der Waals surface area contributed by atoms with Gasteiger partial charge in [0.15, 0.2) is 18.7 Å². The van der Waals surface area contributed by atoms with Gasteiger partial charge >= 0.3 is 17.9 Å². The number of methoxy groups -OCH3 is 1. The van der Waals surface area contributed by atoms with Gasteiger partial charge < -0.3 is 62.9 Å². The molecule has 2 saturated heterocycles. The number of aliphatic hydroxyl groups is 3. The maximum absolute atomic E-state index is 13.3. The second-order valence-corrected chi connectivity index (χ2v) is 16.0. The number of aldehydes is 1. The number of rotatable bonds is 12. The Morgan fingerprint density at radius 3 is 2.23 bits per heavy atom. The number of aliphatic hydroxyl groups excluding tert-OH is 2. The molecule has 3 N–H and O–H groups in total. The van der Waals surface area contributed by atoms with Gasteiger partial charge in [-0.15, -0.1) is 0 Å². The lowest BCUT2D eigenvalue weighted by Gasteiger charge is -2.50. The highest BCUT2D eigenvalue weighted by Gasteiger charge is 2.53. The number of hydrogen-bond donors (Lipinski definition) is 3. The van der Waals surface area contributed by atoms with Crippen LogP contribution in [0.2, 0.25) is 0 Å². The Morgan fingerprint density at radius 2 is 1.63 bits per heavy atom. The first-order chi connectivity index (χ1) is 26.9. The molecule has 0 spiro atoms. The predicted molar refractivity (Wildman–Crippen MR) is 205 cm³/mol. The van der Waals surface area contributed by atoms with Crippen molar-refractivity contribution < 1.29 is 72.4 Å². The molecule has 0 aliphatic carbocycles. The van der Waals surface area contributed by atoms with Gasteiger partial charge in [-0.3, -0.25) is 14.4 Å². The van der Waals surface area contributed by atoms with Crippen LogP contribution in [0.25, 0.3) is 0 Å². The molecular weight excluding hydrogens is 746 g/mol. The van der Waals surface area contributed by atoms with E-state index in [0.29, 0.717) is 12.7 Å². The van der Waals surface area contributed by atoms with E-state index >= 15 is 0 Å². The van der Waals surface area contributed by atoms with Crippen LogP contribution in [0.1, 0.15) is 93.4 Å². The Kier molecular flexibility index (Phi) is 19.2. The molecule has 326 valence electrons. The zero-order valence-electron chi connectivity index (χ0n) is 35.2. The first-order valence-electron chi connectivity index (χ1n) is 20.1. The molecule has 0 radical (unpaired) electrons. The summed E-state index contributed by atoms with van der Waals surface area (Å²) in [6.45, 7) is 11.8. The molecule has 3 aliphatic heterocycles. The number of cyclic esters (lactones) is 1. The Hall–Kier alpha value is -2.80. The minimum absolute atomic E-state index is 0.000633. The molecule has 3 heterocycles. The molecule has 0 saturated carbocycles. The first kappa shape index (κ1) is 48.6. The van der Waals surface area contributed by atoms with E-state index in [2.05, 4.69) is 0 Å². The third-order valence-corrected chi connectivity index (χ3v) is 10.9. The summed E-state index contributed by atoms with van der Waals surface area (Å²) in [6.07, 6.45) is -4.08. The standard InChI is InChI=1S/C41H67NO15/c1-11-30(45)54-29-21-32(47)51-24(4)16-14-13-15-17-28(44)23(3)20-27(18-19-43)37(38(29)50-10)57-40-35(48)34(42(8)9)36(25(5)53-40)56-33-22-41(7,49)39(26(6)52-33)55-31(46)12-2/h13-15,17,19,23-29,33-40,44,48-49H,11-12,16,18,20-22H2,1-10H3/b14-13+,17-15-/t23-,24-,25-,26-,27+,28+,29-,33+,34-,35-,36-,37-,38-,39-,40+,41-/m1/s1. The maximum Gasteiger partial charge on any atom is 0.309 e. The summed E-state index contributed by atoms with van der Waals surface area (Å²) in [7, 11) is 4.86. The Bertz CT molecular complexity index is 1350. The number of likely N-dealkylation sites (N-methyl/N-ethyl adjacent to an activating group) is 1. The second-order valence-electron chi connectivity index (χ2n) is 16.0. The van der Waals surface area contributed by atoms with E-state index in [4.69, 9.17) is 37.9 Å². The summed E-state index contributed by atoms with van der Waals surface area (Å²) in [5, 5.41) is 34.5. The molecule has 16 atom stereocenters. The fraction of sp³-hybridized carbons (Fsp3) is 0.805.